The highest BCUT2D eigenvalue weighted by atomic mass is 32.2. The number of sulfone groups is 1. The molecule has 0 bridgehead atoms. The second-order valence-electron chi connectivity index (χ2n) is 9.99. The van der Waals surface area contributed by atoms with Gasteiger partial charge in [-0.1, -0.05) is 43.0 Å². The van der Waals surface area contributed by atoms with Gasteiger partial charge < -0.3 is 20.1 Å². The van der Waals surface area contributed by atoms with Crippen molar-refractivity contribution in [2.45, 2.75) is 20.3 Å². The van der Waals surface area contributed by atoms with Crippen molar-refractivity contribution >= 4 is 43.8 Å². The van der Waals surface area contributed by atoms with Crippen molar-refractivity contribution in [1.29, 1.82) is 0 Å². The largest absolute Gasteiger partial charge is 0.370 e. The molecule has 0 radical (unpaired) electrons. The summed E-state index contributed by atoms with van der Waals surface area (Å²) < 4.78 is 23.8. The lowest BCUT2D eigenvalue weighted by Gasteiger charge is -2.29. The number of nitrogens with zero attached hydrogens (tertiary/aromatic N) is 3. The van der Waals surface area contributed by atoms with Gasteiger partial charge in [-0.25, -0.2) is 13.4 Å². The summed E-state index contributed by atoms with van der Waals surface area (Å²) in [5.74, 6) is -0.160. The van der Waals surface area contributed by atoms with Crippen LogP contribution in [-0.2, 0) is 21.1 Å². The molecule has 40 heavy (non-hydrogen) atoms. The van der Waals surface area contributed by atoms with E-state index >= 15 is 0 Å². The number of fused-ring (bicyclic) bond motifs is 1. The van der Waals surface area contributed by atoms with Crippen LogP contribution in [0.1, 0.15) is 23.6 Å². The molecule has 3 aromatic carbocycles. The minimum atomic E-state index is -3.21. The van der Waals surface area contributed by atoms with Crippen molar-refractivity contribution in [1.82, 2.24) is 14.9 Å². The number of nitrogens with one attached hydrogen (secondary N) is 2. The van der Waals surface area contributed by atoms with Crippen LogP contribution in [0.4, 0.5) is 11.4 Å². The molecule has 0 spiro atoms. The summed E-state index contributed by atoms with van der Waals surface area (Å²) in [4.78, 5) is 24.6. The Morgan fingerprint density at radius 3 is 2.48 bits per heavy atom. The SMILES string of the molecule is C=C(Nc1ccc(CC(=O)N(CCN(CC)c2ccccc2C)CCS(C)(=O)=O)cc1)c1ccc2nc[nH]c2c1. The van der Waals surface area contributed by atoms with Crippen LogP contribution >= 0.6 is 0 Å². The molecule has 9 heteroatoms. The number of benzene rings is 3. The lowest BCUT2D eigenvalue weighted by Crippen LogP contribution is -2.41. The van der Waals surface area contributed by atoms with E-state index in [9.17, 15) is 13.2 Å². The minimum Gasteiger partial charge on any atom is -0.370 e. The molecule has 210 valence electrons. The molecule has 4 aromatic rings. The number of carbonyl (C=O) groups is 1. The van der Waals surface area contributed by atoms with Crippen molar-refractivity contribution in [3.8, 4) is 0 Å². The third-order valence-electron chi connectivity index (χ3n) is 6.94. The van der Waals surface area contributed by atoms with Gasteiger partial charge in [0.2, 0.25) is 5.91 Å². The third-order valence-corrected chi connectivity index (χ3v) is 7.86. The number of imidazole rings is 1. The van der Waals surface area contributed by atoms with E-state index in [2.05, 4.69) is 52.7 Å². The quantitative estimate of drug-likeness (QED) is 0.242. The number of hydrogen-bond acceptors (Lipinski definition) is 6. The Morgan fingerprint density at radius 2 is 1.77 bits per heavy atom. The predicted molar refractivity (Wildman–Crippen MR) is 164 cm³/mol. The first kappa shape index (κ1) is 28.9. The van der Waals surface area contributed by atoms with Crippen LogP contribution in [0.25, 0.3) is 16.7 Å². The molecule has 4 rings (SSSR count). The summed E-state index contributed by atoms with van der Waals surface area (Å²) in [7, 11) is -3.21. The number of anilines is 2. The molecule has 1 heterocycles. The van der Waals surface area contributed by atoms with Gasteiger partial charge in [-0.3, -0.25) is 4.79 Å². The number of amides is 1. The first-order valence-corrected chi connectivity index (χ1v) is 15.4. The average Bonchev–Trinajstić information content (AvgIpc) is 3.40. The van der Waals surface area contributed by atoms with Gasteiger partial charge in [0, 0.05) is 49.5 Å². The maximum absolute atomic E-state index is 13.3. The van der Waals surface area contributed by atoms with E-state index in [0.717, 1.165) is 51.3 Å². The first-order chi connectivity index (χ1) is 19.1. The van der Waals surface area contributed by atoms with E-state index in [-0.39, 0.29) is 24.6 Å². The Kier molecular flexibility index (Phi) is 9.26. The average molecular weight is 560 g/mol. The number of rotatable bonds is 13. The van der Waals surface area contributed by atoms with Crippen molar-refractivity contribution in [2.24, 2.45) is 0 Å². The monoisotopic (exact) mass is 559 g/mol. The highest BCUT2D eigenvalue weighted by Crippen LogP contribution is 2.22. The number of carbonyl (C=O) groups excluding carboxylic acids is 1. The van der Waals surface area contributed by atoms with Gasteiger partial charge in [0.1, 0.15) is 9.84 Å². The molecule has 0 saturated heterocycles. The van der Waals surface area contributed by atoms with Crippen molar-refractivity contribution in [2.75, 3.05) is 48.4 Å². The maximum Gasteiger partial charge on any atom is 0.227 e. The second kappa shape index (κ2) is 12.8. The summed E-state index contributed by atoms with van der Waals surface area (Å²) in [6.45, 7) is 10.3. The normalized spacial score (nSPS) is 11.4. The Labute approximate surface area is 236 Å². The molecule has 0 fully saturated rings. The smallest absolute Gasteiger partial charge is 0.227 e. The number of likely N-dealkylation sites (N-methyl/N-ethyl adjacent to an activating group) is 1. The Balaban J connectivity index is 1.39. The number of H-pyrrole nitrogens is 1. The fraction of sp³-hybridized carbons (Fsp3) is 0.290. The summed E-state index contributed by atoms with van der Waals surface area (Å²) in [5.41, 5.74) is 7.54. The van der Waals surface area contributed by atoms with E-state index in [1.165, 1.54) is 6.26 Å². The highest BCUT2D eigenvalue weighted by molar-refractivity contribution is 7.90. The number of aromatic nitrogens is 2. The lowest BCUT2D eigenvalue weighted by atomic mass is 10.1. The molecule has 0 aliphatic heterocycles. The summed E-state index contributed by atoms with van der Waals surface area (Å²) in [6.07, 6.45) is 3.06. The molecule has 8 nitrogen and oxygen atoms in total. The lowest BCUT2D eigenvalue weighted by molar-refractivity contribution is -0.130. The molecule has 2 N–H and O–H groups in total. The standard InChI is InChI=1S/C31H37N5O3S/c1-5-35(30-9-7-6-8-23(30)2)16-17-36(18-19-40(4,38)39)31(37)20-25-10-13-27(14-11-25)34-24(3)26-12-15-28-29(21-26)33-22-32-28/h6-15,21-22,34H,3,5,16-20H2,1-2,4H3,(H,32,33). The van der Waals surface area contributed by atoms with Crippen LogP contribution in [0, 0.1) is 6.92 Å². The maximum atomic E-state index is 13.3. The minimum absolute atomic E-state index is 0.0649. The molecule has 0 saturated carbocycles. The van der Waals surface area contributed by atoms with Gasteiger partial charge in [0.05, 0.1) is 29.5 Å². The molecular formula is C31H37N5O3S. The Bertz CT molecular complexity index is 1580. The van der Waals surface area contributed by atoms with E-state index < -0.39 is 9.84 Å². The van der Waals surface area contributed by atoms with E-state index in [0.29, 0.717) is 13.1 Å². The van der Waals surface area contributed by atoms with Crippen molar-refractivity contribution < 1.29 is 13.2 Å². The molecular weight excluding hydrogens is 522 g/mol. The highest BCUT2D eigenvalue weighted by Gasteiger charge is 2.18. The Hall–Kier alpha value is -4.11. The number of para-hydroxylation sites is 1. The van der Waals surface area contributed by atoms with Crippen LogP contribution in [0.2, 0.25) is 0 Å². The summed E-state index contributed by atoms with van der Waals surface area (Å²) in [5, 5.41) is 3.32. The van der Waals surface area contributed by atoms with Gasteiger partial charge in [-0.15, -0.1) is 0 Å². The van der Waals surface area contributed by atoms with Crippen LogP contribution in [0.3, 0.4) is 0 Å². The van der Waals surface area contributed by atoms with Crippen LogP contribution in [0.15, 0.2) is 79.6 Å². The van der Waals surface area contributed by atoms with E-state index in [1.54, 1.807) is 11.2 Å². The van der Waals surface area contributed by atoms with Crippen LogP contribution < -0.4 is 10.2 Å². The number of hydrogen-bond donors (Lipinski definition) is 2. The van der Waals surface area contributed by atoms with E-state index in [1.807, 2.05) is 54.6 Å². The summed E-state index contributed by atoms with van der Waals surface area (Å²) >= 11 is 0. The molecule has 1 aromatic heterocycles. The summed E-state index contributed by atoms with van der Waals surface area (Å²) in [6, 6.07) is 21.7. The van der Waals surface area contributed by atoms with Crippen molar-refractivity contribution in [3.05, 3.63) is 96.3 Å². The zero-order valence-electron chi connectivity index (χ0n) is 23.4. The fourth-order valence-electron chi connectivity index (χ4n) is 4.61. The topological polar surface area (TPSA) is 98.4 Å². The van der Waals surface area contributed by atoms with Crippen LogP contribution in [-0.4, -0.2) is 67.4 Å². The molecule has 0 aliphatic rings. The third kappa shape index (κ3) is 7.72. The number of aryl methyl sites for hydroxylation is 1. The van der Waals surface area contributed by atoms with Gasteiger partial charge >= 0.3 is 0 Å². The van der Waals surface area contributed by atoms with Gasteiger partial charge in [-0.05, 0) is 60.9 Å². The molecule has 0 aliphatic carbocycles. The zero-order chi connectivity index (χ0) is 28.7. The predicted octanol–water partition coefficient (Wildman–Crippen LogP) is 4.90. The molecule has 1 amide bonds. The zero-order valence-corrected chi connectivity index (χ0v) is 24.2. The Morgan fingerprint density at radius 1 is 1.02 bits per heavy atom. The molecule has 0 atom stereocenters. The van der Waals surface area contributed by atoms with Crippen LogP contribution in [0.5, 0.6) is 0 Å². The van der Waals surface area contributed by atoms with Crippen molar-refractivity contribution in [3.63, 3.8) is 0 Å². The van der Waals surface area contributed by atoms with Gasteiger partial charge in [0.15, 0.2) is 0 Å². The molecule has 0 unspecified atom stereocenters. The van der Waals surface area contributed by atoms with Gasteiger partial charge in [0.25, 0.3) is 0 Å². The number of aromatic amines is 1. The first-order valence-electron chi connectivity index (χ1n) is 13.4. The fourth-order valence-corrected chi connectivity index (χ4v) is 5.16. The van der Waals surface area contributed by atoms with E-state index in [4.69, 9.17) is 0 Å². The van der Waals surface area contributed by atoms with Gasteiger partial charge in [-0.2, -0.15) is 0 Å². The second-order valence-corrected chi connectivity index (χ2v) is 12.2.